The van der Waals surface area contributed by atoms with Gasteiger partial charge in [0.1, 0.15) is 18.7 Å². The van der Waals surface area contributed by atoms with Crippen LogP contribution in [0.3, 0.4) is 0 Å². The summed E-state index contributed by atoms with van der Waals surface area (Å²) in [6, 6.07) is 0. The van der Waals surface area contributed by atoms with E-state index in [0.29, 0.717) is 11.7 Å². The van der Waals surface area contributed by atoms with Gasteiger partial charge in [-0.2, -0.15) is 0 Å². The summed E-state index contributed by atoms with van der Waals surface area (Å²) in [6.07, 6.45) is 1.35. The van der Waals surface area contributed by atoms with E-state index < -0.39 is 5.97 Å². The molecular weight excluding hydrogens is 198 g/mol. The van der Waals surface area contributed by atoms with Gasteiger partial charge in [-0.1, -0.05) is 0 Å². The van der Waals surface area contributed by atoms with E-state index in [1.54, 1.807) is 14.0 Å². The number of rotatable bonds is 4. The first-order valence-electron chi connectivity index (χ1n) is 4.34. The molecule has 1 aromatic heterocycles. The molecule has 0 saturated carbocycles. The third-order valence-corrected chi connectivity index (χ3v) is 1.94. The Balaban J connectivity index is 2.98. The van der Waals surface area contributed by atoms with Gasteiger partial charge in [-0.05, 0) is 6.92 Å². The van der Waals surface area contributed by atoms with Crippen LogP contribution in [0.25, 0.3) is 0 Å². The molecule has 0 fully saturated rings. The van der Waals surface area contributed by atoms with Gasteiger partial charge in [0.2, 0.25) is 5.88 Å². The van der Waals surface area contributed by atoms with Crippen LogP contribution in [0.2, 0.25) is 0 Å². The van der Waals surface area contributed by atoms with Crippen LogP contribution in [0.15, 0.2) is 6.33 Å². The molecule has 0 spiro atoms. The maximum atomic E-state index is 10.5. The first-order chi connectivity index (χ1) is 7.06. The average Bonchev–Trinajstić information content (AvgIpc) is 2.17. The lowest BCUT2D eigenvalue weighted by molar-refractivity contribution is -0.135. The van der Waals surface area contributed by atoms with E-state index in [4.69, 9.17) is 9.84 Å². The number of nitrogens with zero attached hydrogens (tertiary/aromatic N) is 3. The second-order valence-electron chi connectivity index (χ2n) is 3.08. The highest BCUT2D eigenvalue weighted by Gasteiger charge is 2.13. The number of carbonyl (C=O) groups is 1. The zero-order chi connectivity index (χ0) is 11.4. The predicted molar refractivity (Wildman–Crippen MR) is 54.2 cm³/mol. The summed E-state index contributed by atoms with van der Waals surface area (Å²) < 4.78 is 5.02. The van der Waals surface area contributed by atoms with Crippen molar-refractivity contribution in [3.63, 3.8) is 0 Å². The molecular formula is C9H13N3O3. The highest BCUT2D eigenvalue weighted by molar-refractivity contribution is 5.73. The van der Waals surface area contributed by atoms with Gasteiger partial charge in [0.15, 0.2) is 0 Å². The monoisotopic (exact) mass is 211 g/mol. The summed E-state index contributed by atoms with van der Waals surface area (Å²) in [7, 11) is 3.17. The third kappa shape index (κ3) is 2.55. The second kappa shape index (κ2) is 4.59. The molecule has 0 aliphatic rings. The van der Waals surface area contributed by atoms with Crippen molar-refractivity contribution in [1.29, 1.82) is 0 Å². The van der Waals surface area contributed by atoms with Crippen molar-refractivity contribution in [3.05, 3.63) is 11.9 Å². The van der Waals surface area contributed by atoms with Gasteiger partial charge in [0.25, 0.3) is 0 Å². The van der Waals surface area contributed by atoms with Crippen molar-refractivity contribution >= 4 is 11.8 Å². The number of hydrogen-bond acceptors (Lipinski definition) is 5. The summed E-state index contributed by atoms with van der Waals surface area (Å²) >= 11 is 0. The highest BCUT2D eigenvalue weighted by Crippen LogP contribution is 2.22. The molecule has 6 heteroatoms. The summed E-state index contributed by atoms with van der Waals surface area (Å²) in [5.41, 5.74) is 0.726. The van der Waals surface area contributed by atoms with Crippen molar-refractivity contribution in [2.45, 2.75) is 6.92 Å². The van der Waals surface area contributed by atoms with Crippen molar-refractivity contribution in [2.75, 3.05) is 25.6 Å². The Kier molecular flexibility index (Phi) is 3.43. The van der Waals surface area contributed by atoms with Crippen LogP contribution in [0.4, 0.5) is 5.82 Å². The first-order valence-corrected chi connectivity index (χ1v) is 4.34. The van der Waals surface area contributed by atoms with Gasteiger partial charge >= 0.3 is 5.97 Å². The Bertz CT molecular complexity index is 368. The smallest absolute Gasteiger partial charge is 0.323 e. The van der Waals surface area contributed by atoms with Gasteiger partial charge in [0, 0.05) is 7.05 Å². The highest BCUT2D eigenvalue weighted by atomic mass is 16.5. The number of methoxy groups -OCH3 is 1. The number of likely N-dealkylation sites (N-methyl/N-ethyl adjacent to an activating group) is 1. The van der Waals surface area contributed by atoms with Crippen LogP contribution in [0.5, 0.6) is 5.88 Å². The maximum absolute atomic E-state index is 10.5. The number of carboxylic acid groups (broad SMARTS) is 1. The van der Waals surface area contributed by atoms with Crippen LogP contribution in [0.1, 0.15) is 5.56 Å². The largest absolute Gasteiger partial charge is 0.481 e. The van der Waals surface area contributed by atoms with Gasteiger partial charge in [-0.3, -0.25) is 4.79 Å². The number of aromatic nitrogens is 2. The normalized spacial score (nSPS) is 9.80. The molecule has 6 nitrogen and oxygen atoms in total. The van der Waals surface area contributed by atoms with Crippen molar-refractivity contribution < 1.29 is 14.6 Å². The minimum absolute atomic E-state index is 0.110. The molecule has 0 aliphatic carbocycles. The molecule has 82 valence electrons. The second-order valence-corrected chi connectivity index (χ2v) is 3.08. The van der Waals surface area contributed by atoms with Crippen LogP contribution >= 0.6 is 0 Å². The van der Waals surface area contributed by atoms with E-state index in [-0.39, 0.29) is 6.54 Å². The lowest BCUT2D eigenvalue weighted by Crippen LogP contribution is -2.26. The van der Waals surface area contributed by atoms with E-state index in [9.17, 15) is 4.79 Å². The standard InChI is InChI=1S/C9H13N3O3/c1-6-8(12(2)4-7(13)14)10-5-11-9(6)15-3/h5H,4H2,1-3H3,(H,13,14). The Morgan fingerprint density at radius 2 is 2.27 bits per heavy atom. The zero-order valence-corrected chi connectivity index (χ0v) is 8.89. The van der Waals surface area contributed by atoms with Crippen molar-refractivity contribution in [1.82, 2.24) is 9.97 Å². The predicted octanol–water partition coefficient (Wildman–Crippen LogP) is 0.314. The molecule has 1 rings (SSSR count). The van der Waals surface area contributed by atoms with E-state index in [1.165, 1.54) is 18.3 Å². The SMILES string of the molecule is COc1ncnc(N(C)CC(=O)O)c1C. The van der Waals surface area contributed by atoms with E-state index in [2.05, 4.69) is 9.97 Å². The molecule has 1 N–H and O–H groups in total. The molecule has 15 heavy (non-hydrogen) atoms. The summed E-state index contributed by atoms with van der Waals surface area (Å²) in [6.45, 7) is 1.67. The average molecular weight is 211 g/mol. The topological polar surface area (TPSA) is 75.6 Å². The van der Waals surface area contributed by atoms with E-state index >= 15 is 0 Å². The van der Waals surface area contributed by atoms with Crippen molar-refractivity contribution in [3.8, 4) is 5.88 Å². The lowest BCUT2D eigenvalue weighted by Gasteiger charge is -2.18. The first kappa shape index (κ1) is 11.2. The van der Waals surface area contributed by atoms with E-state index in [0.717, 1.165) is 5.56 Å². The Morgan fingerprint density at radius 1 is 1.60 bits per heavy atom. The number of anilines is 1. The van der Waals surface area contributed by atoms with Crippen LogP contribution in [-0.4, -0.2) is 41.7 Å². The summed E-state index contributed by atoms with van der Waals surface area (Å²) in [5, 5.41) is 8.65. The van der Waals surface area contributed by atoms with Gasteiger partial charge < -0.3 is 14.7 Å². The molecule has 1 aromatic rings. The minimum atomic E-state index is -0.908. The fraction of sp³-hybridized carbons (Fsp3) is 0.444. The summed E-state index contributed by atoms with van der Waals surface area (Å²) in [4.78, 5) is 20.0. The van der Waals surface area contributed by atoms with Gasteiger partial charge in [-0.25, -0.2) is 9.97 Å². The maximum Gasteiger partial charge on any atom is 0.323 e. The Labute approximate surface area is 87.5 Å². The molecule has 0 unspecified atom stereocenters. The fourth-order valence-corrected chi connectivity index (χ4v) is 1.29. The van der Waals surface area contributed by atoms with Crippen LogP contribution < -0.4 is 9.64 Å². The van der Waals surface area contributed by atoms with Gasteiger partial charge in [-0.15, -0.1) is 0 Å². The van der Waals surface area contributed by atoms with Crippen LogP contribution in [0, 0.1) is 6.92 Å². The summed E-state index contributed by atoms with van der Waals surface area (Å²) in [5.74, 6) is 0.107. The lowest BCUT2D eigenvalue weighted by atomic mass is 10.3. The molecule has 0 amide bonds. The third-order valence-electron chi connectivity index (χ3n) is 1.94. The molecule has 0 atom stereocenters. The Morgan fingerprint density at radius 3 is 2.80 bits per heavy atom. The molecule has 0 aromatic carbocycles. The van der Waals surface area contributed by atoms with Gasteiger partial charge in [0.05, 0.1) is 12.7 Å². The number of hydrogen-bond donors (Lipinski definition) is 1. The number of ether oxygens (including phenoxy) is 1. The number of aliphatic carboxylic acids is 1. The number of carboxylic acids is 1. The fourth-order valence-electron chi connectivity index (χ4n) is 1.29. The minimum Gasteiger partial charge on any atom is -0.481 e. The molecule has 0 bridgehead atoms. The van der Waals surface area contributed by atoms with Crippen LogP contribution in [-0.2, 0) is 4.79 Å². The quantitative estimate of drug-likeness (QED) is 0.772. The molecule has 1 heterocycles. The Hall–Kier alpha value is -1.85. The van der Waals surface area contributed by atoms with E-state index in [1.807, 2.05) is 0 Å². The molecule has 0 saturated heterocycles. The molecule has 0 aliphatic heterocycles. The zero-order valence-electron chi connectivity index (χ0n) is 8.89. The molecule has 0 radical (unpaired) electrons. The van der Waals surface area contributed by atoms with Crippen molar-refractivity contribution in [2.24, 2.45) is 0 Å².